The van der Waals surface area contributed by atoms with E-state index in [0.717, 1.165) is 4.90 Å². The van der Waals surface area contributed by atoms with E-state index < -0.39 is 28.1 Å². The monoisotopic (exact) mass is 381 g/mol. The zero-order valence-electron chi connectivity index (χ0n) is 15.9. The van der Waals surface area contributed by atoms with E-state index in [1.54, 1.807) is 6.07 Å². The Balaban J connectivity index is 1.91. The number of nitrogens with zero attached hydrogens (tertiary/aromatic N) is 2. The van der Waals surface area contributed by atoms with Crippen LogP contribution in [0.1, 0.15) is 57.4 Å². The first-order valence-electron chi connectivity index (χ1n) is 8.57. The predicted octanol–water partition coefficient (Wildman–Crippen LogP) is 3.37. The number of nitro groups is 1. The van der Waals surface area contributed by atoms with E-state index in [9.17, 15) is 24.5 Å². The number of carbonyl (C=O) groups excluding carboxylic acids is 3. The standard InChI is InChI=1S/C20H19N3O5/c1-20(2,3)15-8-5-11(9-16(15)23(27)28)17(24)21-12-6-7-13-14(10-12)19(26)22(4)18(13)25/h5-10H,1-4H3,(H,21,24). The molecule has 0 aromatic heterocycles. The molecule has 1 aliphatic heterocycles. The Kier molecular flexibility index (Phi) is 4.50. The summed E-state index contributed by atoms with van der Waals surface area (Å²) in [4.78, 5) is 48.5. The van der Waals surface area contributed by atoms with Crippen LogP contribution in [0.15, 0.2) is 36.4 Å². The maximum atomic E-state index is 12.6. The maximum Gasteiger partial charge on any atom is 0.273 e. The van der Waals surface area contributed by atoms with Crippen molar-refractivity contribution >= 4 is 29.1 Å². The Bertz CT molecular complexity index is 1040. The molecule has 144 valence electrons. The molecule has 1 heterocycles. The van der Waals surface area contributed by atoms with E-state index >= 15 is 0 Å². The number of anilines is 1. The summed E-state index contributed by atoms with van der Waals surface area (Å²) in [5.41, 5.74) is 0.879. The van der Waals surface area contributed by atoms with E-state index in [4.69, 9.17) is 0 Å². The van der Waals surface area contributed by atoms with Gasteiger partial charge in [-0.2, -0.15) is 0 Å². The predicted molar refractivity (Wildman–Crippen MR) is 103 cm³/mol. The summed E-state index contributed by atoms with van der Waals surface area (Å²) in [6.07, 6.45) is 0. The molecule has 0 radical (unpaired) electrons. The third kappa shape index (κ3) is 3.24. The van der Waals surface area contributed by atoms with Crippen molar-refractivity contribution in [2.45, 2.75) is 26.2 Å². The van der Waals surface area contributed by atoms with E-state index in [-0.39, 0.29) is 22.4 Å². The fourth-order valence-corrected chi connectivity index (χ4v) is 3.10. The highest BCUT2D eigenvalue weighted by atomic mass is 16.6. The molecule has 0 spiro atoms. The van der Waals surface area contributed by atoms with Crippen molar-refractivity contribution in [1.29, 1.82) is 0 Å². The lowest BCUT2D eigenvalue weighted by molar-refractivity contribution is -0.386. The Labute approximate surface area is 161 Å². The summed E-state index contributed by atoms with van der Waals surface area (Å²) in [5.74, 6) is -1.39. The first-order chi connectivity index (χ1) is 13.0. The number of hydrogen-bond donors (Lipinski definition) is 1. The van der Waals surface area contributed by atoms with Gasteiger partial charge >= 0.3 is 0 Å². The first-order valence-corrected chi connectivity index (χ1v) is 8.57. The Morgan fingerprint density at radius 2 is 1.68 bits per heavy atom. The highest BCUT2D eigenvalue weighted by molar-refractivity contribution is 6.21. The molecule has 0 aliphatic carbocycles. The zero-order chi connectivity index (χ0) is 20.8. The summed E-state index contributed by atoms with van der Waals surface area (Å²) >= 11 is 0. The summed E-state index contributed by atoms with van der Waals surface area (Å²) < 4.78 is 0. The van der Waals surface area contributed by atoms with E-state index in [2.05, 4.69) is 5.32 Å². The second kappa shape index (κ2) is 6.56. The minimum Gasteiger partial charge on any atom is -0.322 e. The molecule has 0 unspecified atom stereocenters. The largest absolute Gasteiger partial charge is 0.322 e. The summed E-state index contributed by atoms with van der Waals surface area (Å²) in [6, 6.07) is 8.76. The second-order valence-corrected chi connectivity index (χ2v) is 7.62. The molecular weight excluding hydrogens is 362 g/mol. The van der Waals surface area contributed by atoms with Crippen LogP contribution >= 0.6 is 0 Å². The summed E-state index contributed by atoms with van der Waals surface area (Å²) in [6.45, 7) is 5.57. The van der Waals surface area contributed by atoms with Gasteiger partial charge in [-0.05, 0) is 29.7 Å². The van der Waals surface area contributed by atoms with Gasteiger partial charge in [0.1, 0.15) is 0 Å². The minimum absolute atomic E-state index is 0.125. The molecule has 2 aromatic rings. The number of fused-ring (bicyclic) bond motifs is 1. The van der Waals surface area contributed by atoms with E-state index in [0.29, 0.717) is 11.3 Å². The lowest BCUT2D eigenvalue weighted by Gasteiger charge is -2.19. The molecular formula is C20H19N3O5. The van der Waals surface area contributed by atoms with Gasteiger partial charge in [-0.25, -0.2) is 0 Å². The van der Waals surface area contributed by atoms with Gasteiger partial charge in [-0.15, -0.1) is 0 Å². The molecule has 0 bridgehead atoms. The maximum absolute atomic E-state index is 12.6. The van der Waals surface area contributed by atoms with Gasteiger partial charge in [-0.3, -0.25) is 29.4 Å². The van der Waals surface area contributed by atoms with Crippen molar-refractivity contribution < 1.29 is 19.3 Å². The normalized spacial score (nSPS) is 13.5. The molecule has 8 heteroatoms. The highest BCUT2D eigenvalue weighted by Gasteiger charge is 2.33. The van der Waals surface area contributed by atoms with Gasteiger partial charge in [0, 0.05) is 29.9 Å². The van der Waals surface area contributed by atoms with Crippen LogP contribution in [-0.4, -0.2) is 34.6 Å². The topological polar surface area (TPSA) is 110 Å². The molecule has 28 heavy (non-hydrogen) atoms. The molecule has 8 nitrogen and oxygen atoms in total. The molecule has 0 saturated heterocycles. The van der Waals surface area contributed by atoms with Gasteiger partial charge < -0.3 is 5.32 Å². The first kappa shape index (κ1) is 19.2. The van der Waals surface area contributed by atoms with E-state index in [1.165, 1.54) is 37.4 Å². The van der Waals surface area contributed by atoms with Gasteiger partial charge in [0.05, 0.1) is 16.1 Å². The smallest absolute Gasteiger partial charge is 0.273 e. The van der Waals surface area contributed by atoms with Crippen molar-refractivity contribution in [3.63, 3.8) is 0 Å². The summed E-state index contributed by atoms with van der Waals surface area (Å²) in [5, 5.41) is 14.0. The lowest BCUT2D eigenvalue weighted by atomic mass is 9.85. The third-order valence-corrected chi connectivity index (χ3v) is 4.61. The molecule has 1 aliphatic rings. The zero-order valence-corrected chi connectivity index (χ0v) is 15.9. The quantitative estimate of drug-likeness (QED) is 0.498. The second-order valence-electron chi connectivity index (χ2n) is 7.62. The molecule has 0 atom stereocenters. The van der Waals surface area contributed by atoms with Crippen LogP contribution in [0.5, 0.6) is 0 Å². The van der Waals surface area contributed by atoms with Crippen LogP contribution in [0.3, 0.4) is 0 Å². The number of imide groups is 1. The lowest BCUT2D eigenvalue weighted by Crippen LogP contribution is -2.24. The number of carbonyl (C=O) groups is 3. The van der Waals surface area contributed by atoms with Crippen LogP contribution < -0.4 is 5.32 Å². The van der Waals surface area contributed by atoms with Crippen LogP contribution in [0.4, 0.5) is 11.4 Å². The Hall–Kier alpha value is -3.55. The number of hydrogen-bond acceptors (Lipinski definition) is 5. The molecule has 3 rings (SSSR count). The number of benzene rings is 2. The van der Waals surface area contributed by atoms with Crippen molar-refractivity contribution in [3.8, 4) is 0 Å². The van der Waals surface area contributed by atoms with Gasteiger partial charge in [0.25, 0.3) is 23.4 Å². The third-order valence-electron chi connectivity index (χ3n) is 4.61. The number of nitro benzene ring substituents is 1. The number of nitrogens with one attached hydrogen (secondary N) is 1. The fourth-order valence-electron chi connectivity index (χ4n) is 3.10. The van der Waals surface area contributed by atoms with Gasteiger partial charge in [-0.1, -0.05) is 26.8 Å². The van der Waals surface area contributed by atoms with Crippen molar-refractivity contribution in [3.05, 3.63) is 68.8 Å². The van der Waals surface area contributed by atoms with Gasteiger partial charge in [0.2, 0.25) is 0 Å². The minimum atomic E-state index is -0.548. The Morgan fingerprint density at radius 3 is 2.29 bits per heavy atom. The Morgan fingerprint density at radius 1 is 1.04 bits per heavy atom. The fraction of sp³-hybridized carbons (Fsp3) is 0.250. The van der Waals surface area contributed by atoms with Crippen LogP contribution in [-0.2, 0) is 5.41 Å². The molecule has 3 amide bonds. The van der Waals surface area contributed by atoms with Crippen molar-refractivity contribution in [2.75, 3.05) is 12.4 Å². The van der Waals surface area contributed by atoms with Crippen molar-refractivity contribution in [2.24, 2.45) is 0 Å². The molecule has 2 aromatic carbocycles. The van der Waals surface area contributed by atoms with E-state index in [1.807, 2.05) is 20.8 Å². The van der Waals surface area contributed by atoms with Gasteiger partial charge in [0.15, 0.2) is 0 Å². The molecule has 1 N–H and O–H groups in total. The van der Waals surface area contributed by atoms with Crippen LogP contribution in [0.2, 0.25) is 0 Å². The molecule has 0 saturated carbocycles. The average molecular weight is 381 g/mol. The number of rotatable bonds is 3. The van der Waals surface area contributed by atoms with Crippen LogP contribution in [0, 0.1) is 10.1 Å². The number of amides is 3. The molecule has 0 fully saturated rings. The highest BCUT2D eigenvalue weighted by Crippen LogP contribution is 2.32. The SMILES string of the molecule is CN1C(=O)c2ccc(NC(=O)c3ccc(C(C)(C)C)c([N+](=O)[O-])c3)cc2C1=O. The van der Waals surface area contributed by atoms with Crippen molar-refractivity contribution in [1.82, 2.24) is 4.90 Å². The van der Waals surface area contributed by atoms with Crippen LogP contribution in [0.25, 0.3) is 0 Å². The summed E-state index contributed by atoms with van der Waals surface area (Å²) in [7, 11) is 1.39. The average Bonchev–Trinajstić information content (AvgIpc) is 2.84.